The van der Waals surface area contributed by atoms with Gasteiger partial charge in [-0.2, -0.15) is 0 Å². The Hall–Kier alpha value is -1.00. The molecule has 3 rings (SSSR count). The maximum Gasteiger partial charge on any atom is 0.0634 e. The lowest BCUT2D eigenvalue weighted by atomic mass is 9.83. The molecule has 1 aliphatic carbocycles. The van der Waals surface area contributed by atoms with E-state index in [-0.39, 0.29) is 0 Å². The Labute approximate surface area is 129 Å². The van der Waals surface area contributed by atoms with Crippen LogP contribution in [0.5, 0.6) is 0 Å². The normalized spacial score (nSPS) is 18.3. The first-order valence-corrected chi connectivity index (χ1v) is 7.73. The molecule has 0 heterocycles. The molecule has 2 nitrogen and oxygen atoms in total. The Kier molecular flexibility index (Phi) is 3.10. The summed E-state index contributed by atoms with van der Waals surface area (Å²) in [4.78, 5) is 0. The first kappa shape index (κ1) is 13.0. The molecule has 0 fully saturated rings. The van der Waals surface area contributed by atoms with E-state index in [1.807, 2.05) is 6.07 Å². The fourth-order valence-electron chi connectivity index (χ4n) is 2.85. The van der Waals surface area contributed by atoms with Gasteiger partial charge < -0.3 is 11.5 Å². The molecule has 1 atom stereocenters. The number of nitrogen functional groups attached to an aromatic ring is 2. The number of fused-ring (bicyclic) bond motifs is 3. The molecule has 0 saturated carbocycles. The highest BCUT2D eigenvalue weighted by Gasteiger charge is 2.23. The number of rotatable bonds is 0. The SMILES string of the molecule is CC1CC(Br)=Cc2c(N)c(N)c3cc(Br)ccc3c21. The third kappa shape index (κ3) is 1.98. The van der Waals surface area contributed by atoms with Gasteiger partial charge in [0.05, 0.1) is 11.4 Å². The van der Waals surface area contributed by atoms with Crippen molar-refractivity contribution in [3.63, 3.8) is 0 Å². The standard InChI is InChI=1S/C15H14Br2N2/c1-7-4-9(17)6-12-13(7)10-3-2-8(16)5-11(10)14(18)15(12)19/h2-3,5-7H,4,18-19H2,1H3. The van der Waals surface area contributed by atoms with Crippen LogP contribution in [0.3, 0.4) is 0 Å². The molecule has 0 aliphatic heterocycles. The van der Waals surface area contributed by atoms with Crippen molar-refractivity contribution in [2.45, 2.75) is 19.3 Å². The summed E-state index contributed by atoms with van der Waals surface area (Å²) in [6.07, 6.45) is 3.10. The van der Waals surface area contributed by atoms with E-state index in [2.05, 4.69) is 57.0 Å². The van der Waals surface area contributed by atoms with Gasteiger partial charge in [-0.15, -0.1) is 0 Å². The quantitative estimate of drug-likeness (QED) is 0.497. The van der Waals surface area contributed by atoms with Crippen molar-refractivity contribution in [1.82, 2.24) is 0 Å². The van der Waals surface area contributed by atoms with E-state index in [0.29, 0.717) is 17.3 Å². The van der Waals surface area contributed by atoms with E-state index in [1.165, 1.54) is 15.4 Å². The van der Waals surface area contributed by atoms with Crippen molar-refractivity contribution in [3.05, 3.63) is 38.3 Å². The molecule has 2 aromatic carbocycles. The van der Waals surface area contributed by atoms with E-state index < -0.39 is 0 Å². The van der Waals surface area contributed by atoms with Gasteiger partial charge in [-0.25, -0.2) is 0 Å². The molecule has 0 saturated heterocycles. The van der Waals surface area contributed by atoms with Gasteiger partial charge in [0.2, 0.25) is 0 Å². The van der Waals surface area contributed by atoms with E-state index in [4.69, 9.17) is 11.5 Å². The number of nitrogens with two attached hydrogens (primary N) is 2. The summed E-state index contributed by atoms with van der Waals surface area (Å²) in [7, 11) is 0. The van der Waals surface area contributed by atoms with Gasteiger partial charge in [-0.05, 0) is 46.0 Å². The highest BCUT2D eigenvalue weighted by Crippen LogP contribution is 2.45. The lowest BCUT2D eigenvalue weighted by Gasteiger charge is -2.25. The number of benzene rings is 2. The van der Waals surface area contributed by atoms with E-state index in [0.717, 1.165) is 21.8 Å². The summed E-state index contributed by atoms with van der Waals surface area (Å²) in [6.45, 7) is 2.23. The molecule has 98 valence electrons. The van der Waals surface area contributed by atoms with Crippen LogP contribution in [0, 0.1) is 0 Å². The van der Waals surface area contributed by atoms with Gasteiger partial charge in [0.15, 0.2) is 0 Å². The largest absolute Gasteiger partial charge is 0.397 e. The molecule has 0 radical (unpaired) electrons. The minimum Gasteiger partial charge on any atom is -0.397 e. The van der Waals surface area contributed by atoms with Crippen LogP contribution in [0.1, 0.15) is 30.4 Å². The smallest absolute Gasteiger partial charge is 0.0634 e. The molecule has 2 aromatic rings. The molecular formula is C15H14Br2N2. The number of hydrogen-bond acceptors (Lipinski definition) is 2. The molecule has 1 unspecified atom stereocenters. The predicted molar refractivity (Wildman–Crippen MR) is 90.4 cm³/mol. The maximum absolute atomic E-state index is 6.24. The second kappa shape index (κ2) is 4.53. The fourth-order valence-corrected chi connectivity index (χ4v) is 3.93. The predicted octanol–water partition coefficient (Wildman–Crippen LogP) is 5.01. The van der Waals surface area contributed by atoms with Crippen molar-refractivity contribution in [2.75, 3.05) is 11.5 Å². The Balaban J connectivity index is 2.49. The average Bonchev–Trinajstić information content (AvgIpc) is 2.35. The fraction of sp³-hybridized carbons (Fsp3) is 0.200. The van der Waals surface area contributed by atoms with Crippen molar-refractivity contribution < 1.29 is 0 Å². The maximum atomic E-state index is 6.24. The van der Waals surface area contributed by atoms with Gasteiger partial charge in [0.1, 0.15) is 0 Å². The van der Waals surface area contributed by atoms with Crippen molar-refractivity contribution in [2.24, 2.45) is 0 Å². The summed E-state index contributed by atoms with van der Waals surface area (Å²) in [6, 6.07) is 6.22. The minimum atomic E-state index is 0.431. The molecule has 0 amide bonds. The second-order valence-electron chi connectivity index (χ2n) is 5.04. The van der Waals surface area contributed by atoms with Gasteiger partial charge in [0, 0.05) is 15.4 Å². The van der Waals surface area contributed by atoms with Crippen molar-refractivity contribution >= 4 is 60.1 Å². The lowest BCUT2D eigenvalue weighted by Crippen LogP contribution is -2.09. The lowest BCUT2D eigenvalue weighted by molar-refractivity contribution is 0.774. The average molecular weight is 382 g/mol. The third-order valence-electron chi connectivity index (χ3n) is 3.73. The third-order valence-corrected chi connectivity index (χ3v) is 4.77. The molecule has 1 aliphatic rings. The van der Waals surface area contributed by atoms with Crippen LogP contribution in [0.2, 0.25) is 0 Å². The Bertz CT molecular complexity index is 720. The number of allylic oxidation sites excluding steroid dienone is 1. The summed E-state index contributed by atoms with van der Waals surface area (Å²) in [5.74, 6) is 0.431. The summed E-state index contributed by atoms with van der Waals surface area (Å²) >= 11 is 7.09. The van der Waals surface area contributed by atoms with Crippen LogP contribution in [0.4, 0.5) is 11.4 Å². The molecule has 4 N–H and O–H groups in total. The van der Waals surface area contributed by atoms with Crippen LogP contribution < -0.4 is 11.5 Å². The molecule has 0 bridgehead atoms. The molecular weight excluding hydrogens is 368 g/mol. The second-order valence-corrected chi connectivity index (χ2v) is 6.98. The van der Waals surface area contributed by atoms with E-state index in [1.54, 1.807) is 0 Å². The molecule has 19 heavy (non-hydrogen) atoms. The number of halogens is 2. The van der Waals surface area contributed by atoms with Crippen LogP contribution in [0.25, 0.3) is 16.8 Å². The molecule has 4 heteroatoms. The molecule has 0 aromatic heterocycles. The van der Waals surface area contributed by atoms with Gasteiger partial charge >= 0.3 is 0 Å². The van der Waals surface area contributed by atoms with Crippen molar-refractivity contribution in [3.8, 4) is 0 Å². The zero-order valence-corrected chi connectivity index (χ0v) is 13.7. The van der Waals surface area contributed by atoms with E-state index in [9.17, 15) is 0 Å². The zero-order chi connectivity index (χ0) is 13.7. The van der Waals surface area contributed by atoms with Gasteiger partial charge in [0.25, 0.3) is 0 Å². The molecule has 0 spiro atoms. The van der Waals surface area contributed by atoms with Crippen LogP contribution in [-0.2, 0) is 0 Å². The highest BCUT2D eigenvalue weighted by molar-refractivity contribution is 9.11. The van der Waals surface area contributed by atoms with Gasteiger partial charge in [-0.3, -0.25) is 0 Å². The first-order chi connectivity index (χ1) is 8.99. The Morgan fingerprint density at radius 3 is 2.58 bits per heavy atom. The number of hydrogen-bond donors (Lipinski definition) is 2. The summed E-state index contributed by atoms with van der Waals surface area (Å²) in [5, 5.41) is 2.23. The highest BCUT2D eigenvalue weighted by atomic mass is 79.9. The van der Waals surface area contributed by atoms with Gasteiger partial charge in [-0.1, -0.05) is 44.8 Å². The van der Waals surface area contributed by atoms with E-state index >= 15 is 0 Å². The number of anilines is 2. The summed E-state index contributed by atoms with van der Waals surface area (Å²) in [5.41, 5.74) is 16.2. The van der Waals surface area contributed by atoms with Crippen molar-refractivity contribution in [1.29, 1.82) is 0 Å². The Morgan fingerprint density at radius 2 is 1.84 bits per heavy atom. The zero-order valence-electron chi connectivity index (χ0n) is 10.5. The first-order valence-electron chi connectivity index (χ1n) is 6.15. The monoisotopic (exact) mass is 380 g/mol. The van der Waals surface area contributed by atoms with Crippen LogP contribution in [0.15, 0.2) is 27.2 Å². The topological polar surface area (TPSA) is 52.0 Å². The Morgan fingerprint density at radius 1 is 1.11 bits per heavy atom. The van der Waals surface area contributed by atoms with Crippen LogP contribution in [-0.4, -0.2) is 0 Å². The minimum absolute atomic E-state index is 0.431. The summed E-state index contributed by atoms with van der Waals surface area (Å²) < 4.78 is 2.20. The van der Waals surface area contributed by atoms with Crippen LogP contribution >= 0.6 is 31.9 Å².